The smallest absolute Gasteiger partial charge is 0.410 e. The van der Waals surface area contributed by atoms with E-state index in [4.69, 9.17) is 4.74 Å². The Bertz CT molecular complexity index is 561. The number of anilines is 1. The van der Waals surface area contributed by atoms with Gasteiger partial charge in [0.15, 0.2) is 0 Å². The van der Waals surface area contributed by atoms with Gasteiger partial charge in [0.1, 0.15) is 11.4 Å². The second-order valence-electron chi connectivity index (χ2n) is 6.78. The van der Waals surface area contributed by atoms with Gasteiger partial charge in [-0.3, -0.25) is 0 Å². The lowest BCUT2D eigenvalue weighted by molar-refractivity contribution is -0.0494. The number of likely N-dealkylation sites (tertiary alicyclic amines) is 1. The fourth-order valence-corrected chi connectivity index (χ4v) is 2.59. The molecule has 1 aromatic carbocycles. The van der Waals surface area contributed by atoms with E-state index in [9.17, 15) is 13.6 Å². The molecule has 0 spiro atoms. The molecule has 7 heteroatoms. The third-order valence-electron chi connectivity index (χ3n) is 3.54. The minimum absolute atomic E-state index is 0.0475. The fourth-order valence-electron chi connectivity index (χ4n) is 2.59. The summed E-state index contributed by atoms with van der Waals surface area (Å²) >= 11 is 0. The minimum Gasteiger partial charge on any atom is -0.444 e. The molecule has 2 rings (SSSR count). The van der Waals surface area contributed by atoms with Crippen LogP contribution < -0.4 is 10.1 Å². The van der Waals surface area contributed by atoms with E-state index in [0.29, 0.717) is 18.8 Å². The predicted octanol–water partition coefficient (Wildman–Crippen LogP) is 4.10. The largest absolute Gasteiger partial charge is 0.444 e. The van der Waals surface area contributed by atoms with Crippen LogP contribution in [0.3, 0.4) is 0 Å². The molecular formula is C17H24F2N2O3. The summed E-state index contributed by atoms with van der Waals surface area (Å²) in [6, 6.07) is 6.51. The zero-order valence-electron chi connectivity index (χ0n) is 14.2. The maximum atomic E-state index is 12.5. The number of hydrogen-bond acceptors (Lipinski definition) is 4. The molecule has 1 amide bonds. The molecule has 0 aliphatic carbocycles. The summed E-state index contributed by atoms with van der Waals surface area (Å²) < 4.78 is 34.9. The van der Waals surface area contributed by atoms with Gasteiger partial charge in [0.05, 0.1) is 5.69 Å². The van der Waals surface area contributed by atoms with E-state index in [0.717, 1.165) is 12.8 Å². The molecule has 24 heavy (non-hydrogen) atoms. The summed E-state index contributed by atoms with van der Waals surface area (Å²) in [7, 11) is 0. The van der Waals surface area contributed by atoms with E-state index in [-0.39, 0.29) is 17.9 Å². The number of carbonyl (C=O) groups is 1. The van der Waals surface area contributed by atoms with Gasteiger partial charge >= 0.3 is 12.7 Å². The molecule has 0 bridgehead atoms. The number of amides is 1. The predicted molar refractivity (Wildman–Crippen MR) is 87.5 cm³/mol. The van der Waals surface area contributed by atoms with Crippen LogP contribution in [-0.4, -0.2) is 42.3 Å². The lowest BCUT2D eigenvalue weighted by Gasteiger charge is -2.35. The number of carbonyl (C=O) groups excluding carboxylic acids is 1. The van der Waals surface area contributed by atoms with E-state index in [1.807, 2.05) is 20.8 Å². The standard InChI is InChI=1S/C17H24F2N2O3/c1-17(2,3)24-16(22)21-10-6-7-12(11-21)20-13-8-4-5-9-14(13)23-15(18)19/h4-5,8-9,12,15,20H,6-7,10-11H2,1-3H3. The summed E-state index contributed by atoms with van der Waals surface area (Å²) in [5.74, 6) is 0.0990. The maximum Gasteiger partial charge on any atom is 0.410 e. The Morgan fingerprint density at radius 3 is 2.71 bits per heavy atom. The highest BCUT2D eigenvalue weighted by Crippen LogP contribution is 2.28. The SMILES string of the molecule is CC(C)(C)OC(=O)N1CCCC(Nc2ccccc2OC(F)F)C1. The fraction of sp³-hybridized carbons (Fsp3) is 0.588. The quantitative estimate of drug-likeness (QED) is 0.895. The second kappa shape index (κ2) is 7.68. The Morgan fingerprint density at radius 2 is 2.04 bits per heavy atom. The van der Waals surface area contributed by atoms with Crippen LogP contribution in [0.5, 0.6) is 5.75 Å². The summed E-state index contributed by atoms with van der Waals surface area (Å²) in [5.41, 5.74) is -0.0522. The normalized spacial score (nSPS) is 18.4. The molecule has 1 atom stereocenters. The van der Waals surface area contributed by atoms with Crippen molar-refractivity contribution in [3.05, 3.63) is 24.3 Å². The molecule has 1 heterocycles. The Morgan fingerprint density at radius 1 is 1.33 bits per heavy atom. The molecule has 134 valence electrons. The van der Waals surface area contributed by atoms with Gasteiger partial charge in [-0.15, -0.1) is 0 Å². The van der Waals surface area contributed by atoms with Crippen molar-refractivity contribution in [2.75, 3.05) is 18.4 Å². The summed E-state index contributed by atoms with van der Waals surface area (Å²) in [6.07, 6.45) is 1.29. The number of rotatable bonds is 4. The summed E-state index contributed by atoms with van der Waals surface area (Å²) in [4.78, 5) is 13.8. The average molecular weight is 342 g/mol. The van der Waals surface area contributed by atoms with E-state index in [2.05, 4.69) is 10.1 Å². The number of piperidine rings is 1. The van der Waals surface area contributed by atoms with Crippen LogP contribution in [0.25, 0.3) is 0 Å². The maximum absolute atomic E-state index is 12.5. The number of benzene rings is 1. The topological polar surface area (TPSA) is 50.8 Å². The molecule has 1 aromatic rings. The van der Waals surface area contributed by atoms with Gasteiger partial charge in [-0.1, -0.05) is 12.1 Å². The van der Waals surface area contributed by atoms with Crippen molar-refractivity contribution in [3.8, 4) is 5.75 Å². The highest BCUT2D eigenvalue weighted by molar-refractivity contribution is 5.68. The molecule has 0 aromatic heterocycles. The van der Waals surface area contributed by atoms with Crippen LogP contribution in [-0.2, 0) is 4.74 Å². The van der Waals surface area contributed by atoms with Crippen LogP contribution in [0, 0.1) is 0 Å². The van der Waals surface area contributed by atoms with Crippen molar-refractivity contribution in [3.63, 3.8) is 0 Å². The highest BCUT2D eigenvalue weighted by Gasteiger charge is 2.28. The molecule has 0 radical (unpaired) electrons. The number of alkyl halides is 2. The molecule has 1 saturated heterocycles. The highest BCUT2D eigenvalue weighted by atomic mass is 19.3. The van der Waals surface area contributed by atoms with E-state index in [1.54, 1.807) is 23.1 Å². The zero-order chi connectivity index (χ0) is 17.7. The number of para-hydroxylation sites is 2. The first-order chi connectivity index (χ1) is 11.2. The lowest BCUT2D eigenvalue weighted by atomic mass is 10.1. The molecule has 1 fully saturated rings. The first-order valence-electron chi connectivity index (χ1n) is 8.03. The molecule has 1 unspecified atom stereocenters. The Labute approximate surface area is 140 Å². The second-order valence-corrected chi connectivity index (χ2v) is 6.78. The van der Waals surface area contributed by atoms with Gasteiger partial charge in [0, 0.05) is 19.1 Å². The minimum atomic E-state index is -2.88. The van der Waals surface area contributed by atoms with Crippen molar-refractivity contribution in [2.45, 2.75) is 51.9 Å². The first-order valence-corrected chi connectivity index (χ1v) is 8.03. The lowest BCUT2D eigenvalue weighted by Crippen LogP contribution is -2.47. The average Bonchev–Trinajstić information content (AvgIpc) is 2.47. The van der Waals surface area contributed by atoms with Gasteiger partial charge in [0.25, 0.3) is 0 Å². The van der Waals surface area contributed by atoms with Gasteiger partial charge in [-0.2, -0.15) is 8.78 Å². The van der Waals surface area contributed by atoms with Crippen molar-refractivity contribution < 1.29 is 23.0 Å². The third-order valence-corrected chi connectivity index (χ3v) is 3.54. The molecule has 5 nitrogen and oxygen atoms in total. The zero-order valence-corrected chi connectivity index (χ0v) is 14.2. The van der Waals surface area contributed by atoms with Crippen molar-refractivity contribution in [1.29, 1.82) is 0 Å². The van der Waals surface area contributed by atoms with E-state index >= 15 is 0 Å². The number of ether oxygens (including phenoxy) is 2. The molecule has 0 saturated carbocycles. The van der Waals surface area contributed by atoms with E-state index in [1.165, 1.54) is 6.07 Å². The number of nitrogens with zero attached hydrogens (tertiary/aromatic N) is 1. The van der Waals surface area contributed by atoms with Crippen LogP contribution in [0.4, 0.5) is 19.3 Å². The van der Waals surface area contributed by atoms with Gasteiger partial charge < -0.3 is 19.7 Å². The summed E-state index contributed by atoms with van der Waals surface area (Å²) in [5, 5.41) is 3.19. The monoisotopic (exact) mass is 342 g/mol. The number of halogens is 2. The number of hydrogen-bond donors (Lipinski definition) is 1. The number of nitrogens with one attached hydrogen (secondary N) is 1. The Kier molecular flexibility index (Phi) is 5.85. The van der Waals surface area contributed by atoms with Gasteiger partial charge in [-0.25, -0.2) is 4.79 Å². The van der Waals surface area contributed by atoms with Crippen LogP contribution >= 0.6 is 0 Å². The Balaban J connectivity index is 1.99. The van der Waals surface area contributed by atoms with Crippen molar-refractivity contribution >= 4 is 11.8 Å². The third kappa shape index (κ3) is 5.54. The van der Waals surface area contributed by atoms with Crippen LogP contribution in [0.1, 0.15) is 33.6 Å². The molecule has 1 aliphatic rings. The van der Waals surface area contributed by atoms with Crippen molar-refractivity contribution in [2.24, 2.45) is 0 Å². The summed E-state index contributed by atoms with van der Waals surface area (Å²) in [6.45, 7) is 3.67. The van der Waals surface area contributed by atoms with E-state index < -0.39 is 12.2 Å². The van der Waals surface area contributed by atoms with Gasteiger partial charge in [0.2, 0.25) is 0 Å². The first kappa shape index (κ1) is 18.3. The van der Waals surface area contributed by atoms with Crippen LogP contribution in [0.15, 0.2) is 24.3 Å². The van der Waals surface area contributed by atoms with Crippen LogP contribution in [0.2, 0.25) is 0 Å². The molecular weight excluding hydrogens is 318 g/mol. The van der Waals surface area contributed by atoms with Gasteiger partial charge in [-0.05, 0) is 45.7 Å². The molecule has 1 aliphatic heterocycles. The molecule has 1 N–H and O–H groups in total. The Hall–Kier alpha value is -2.05. The van der Waals surface area contributed by atoms with Crippen molar-refractivity contribution in [1.82, 2.24) is 4.90 Å².